The Morgan fingerprint density at radius 2 is 1.80 bits per heavy atom. The Morgan fingerprint density at radius 3 is 2.40 bits per heavy atom. The lowest BCUT2D eigenvalue weighted by Crippen LogP contribution is -2.30. The smallest absolute Gasteiger partial charge is 0.497 e. The second-order valence-electron chi connectivity index (χ2n) is 5.21. The molecule has 0 saturated heterocycles. The Kier molecular flexibility index (Phi) is 6.08. The zero-order chi connectivity index (χ0) is 18.4. The fourth-order valence-corrected chi connectivity index (χ4v) is 2.26. The Hall–Kier alpha value is -2.48. The first-order valence-electron chi connectivity index (χ1n) is 7.28. The summed E-state index contributed by atoms with van der Waals surface area (Å²) in [4.78, 5) is 1.81. The maximum Gasteiger partial charge on any atom is 0.573 e. The van der Waals surface area contributed by atoms with Crippen molar-refractivity contribution in [2.45, 2.75) is 12.9 Å². The van der Waals surface area contributed by atoms with E-state index >= 15 is 0 Å². The fourth-order valence-electron chi connectivity index (χ4n) is 2.08. The minimum Gasteiger partial charge on any atom is -0.497 e. The van der Waals surface area contributed by atoms with E-state index in [9.17, 15) is 13.2 Å². The van der Waals surface area contributed by atoms with E-state index in [1.807, 2.05) is 36.2 Å². The predicted octanol–water partition coefficient (Wildman–Crippen LogP) is 4.42. The molecule has 0 aliphatic rings. The largest absolute Gasteiger partial charge is 0.573 e. The van der Waals surface area contributed by atoms with Gasteiger partial charge in [0.15, 0.2) is 5.11 Å². The minimum absolute atomic E-state index is 0.284. The molecule has 4 nitrogen and oxygen atoms in total. The molecule has 0 amide bonds. The highest BCUT2D eigenvalue weighted by Crippen LogP contribution is 2.24. The van der Waals surface area contributed by atoms with Crippen molar-refractivity contribution in [3.05, 3.63) is 54.1 Å². The summed E-state index contributed by atoms with van der Waals surface area (Å²) in [6.07, 6.45) is -4.71. The zero-order valence-electron chi connectivity index (χ0n) is 13.6. The number of nitrogens with zero attached hydrogens (tertiary/aromatic N) is 1. The van der Waals surface area contributed by atoms with E-state index in [4.69, 9.17) is 17.0 Å². The number of halogens is 3. The molecule has 0 aromatic heterocycles. The third-order valence-corrected chi connectivity index (χ3v) is 3.65. The van der Waals surface area contributed by atoms with Crippen molar-refractivity contribution in [2.75, 3.05) is 19.5 Å². The molecular formula is C17H17F3N2O2S. The highest BCUT2D eigenvalue weighted by Gasteiger charge is 2.30. The van der Waals surface area contributed by atoms with Gasteiger partial charge in [0.1, 0.15) is 11.5 Å². The molecule has 0 radical (unpaired) electrons. The molecule has 0 atom stereocenters. The first-order valence-corrected chi connectivity index (χ1v) is 7.68. The summed E-state index contributed by atoms with van der Waals surface area (Å²) in [6.45, 7) is 0.554. The van der Waals surface area contributed by atoms with Gasteiger partial charge >= 0.3 is 6.36 Å². The highest BCUT2D eigenvalue weighted by atomic mass is 32.1. The summed E-state index contributed by atoms with van der Waals surface area (Å²) < 4.78 is 45.4. The summed E-state index contributed by atoms with van der Waals surface area (Å²) in [7, 11) is 3.41. The Morgan fingerprint density at radius 1 is 1.12 bits per heavy atom. The van der Waals surface area contributed by atoms with Gasteiger partial charge in [0, 0.05) is 19.3 Å². The maximum atomic E-state index is 12.1. The van der Waals surface area contributed by atoms with Gasteiger partial charge in [0.25, 0.3) is 0 Å². The molecular weight excluding hydrogens is 353 g/mol. The normalized spacial score (nSPS) is 10.9. The Labute approximate surface area is 149 Å². The van der Waals surface area contributed by atoms with Crippen molar-refractivity contribution in [1.29, 1.82) is 0 Å². The lowest BCUT2D eigenvalue weighted by atomic mass is 10.2. The van der Waals surface area contributed by atoms with Crippen LogP contribution < -0.4 is 14.8 Å². The molecule has 0 saturated carbocycles. The lowest BCUT2D eigenvalue weighted by Gasteiger charge is -2.21. The second kappa shape index (κ2) is 8.06. The van der Waals surface area contributed by atoms with Crippen LogP contribution in [0.25, 0.3) is 0 Å². The number of alkyl halides is 3. The Balaban J connectivity index is 1.94. The van der Waals surface area contributed by atoms with E-state index in [0.717, 1.165) is 11.3 Å². The third kappa shape index (κ3) is 6.15. The van der Waals surface area contributed by atoms with Gasteiger partial charge in [0.05, 0.1) is 7.11 Å². The molecule has 0 fully saturated rings. The van der Waals surface area contributed by atoms with Crippen molar-refractivity contribution in [3.8, 4) is 11.5 Å². The molecule has 8 heteroatoms. The molecule has 0 unspecified atom stereocenters. The highest BCUT2D eigenvalue weighted by molar-refractivity contribution is 7.80. The van der Waals surface area contributed by atoms with Crippen LogP contribution in [0, 0.1) is 0 Å². The summed E-state index contributed by atoms with van der Waals surface area (Å²) in [5.41, 5.74) is 1.58. The summed E-state index contributed by atoms with van der Waals surface area (Å²) in [5, 5.41) is 3.41. The number of ether oxygens (including phenoxy) is 2. The SMILES string of the molecule is COc1cccc(CN(C)C(=S)Nc2ccc(OC(F)(F)F)cc2)c1. The number of anilines is 1. The number of hydrogen-bond donors (Lipinski definition) is 1. The molecule has 134 valence electrons. The number of thiocarbonyl (C=S) groups is 1. The van der Waals surface area contributed by atoms with E-state index in [1.54, 1.807) is 7.11 Å². The van der Waals surface area contributed by atoms with Gasteiger partial charge in [-0.25, -0.2) is 0 Å². The molecule has 2 aromatic rings. The number of rotatable bonds is 5. The molecule has 0 heterocycles. The number of hydrogen-bond acceptors (Lipinski definition) is 3. The standard InChI is InChI=1S/C17H17F3N2O2S/c1-22(11-12-4-3-5-15(10-12)23-2)16(25)21-13-6-8-14(9-7-13)24-17(18,19)20/h3-10H,11H2,1-2H3,(H,21,25). The van der Waals surface area contributed by atoms with E-state index < -0.39 is 6.36 Å². The van der Waals surface area contributed by atoms with Gasteiger partial charge in [-0.2, -0.15) is 0 Å². The maximum absolute atomic E-state index is 12.1. The van der Waals surface area contributed by atoms with Crippen LogP contribution in [0.1, 0.15) is 5.56 Å². The lowest BCUT2D eigenvalue weighted by molar-refractivity contribution is -0.274. The van der Waals surface area contributed by atoms with Gasteiger partial charge in [-0.15, -0.1) is 13.2 Å². The molecule has 0 aliphatic carbocycles. The van der Waals surface area contributed by atoms with Crippen LogP contribution in [0.2, 0.25) is 0 Å². The summed E-state index contributed by atoms with van der Waals surface area (Å²) in [5.74, 6) is 0.471. The van der Waals surface area contributed by atoms with E-state index in [-0.39, 0.29) is 5.75 Å². The van der Waals surface area contributed by atoms with Crippen LogP contribution in [0.5, 0.6) is 11.5 Å². The van der Waals surface area contributed by atoms with Crippen molar-refractivity contribution < 1.29 is 22.6 Å². The van der Waals surface area contributed by atoms with Crippen LogP contribution in [0.15, 0.2) is 48.5 Å². The number of benzene rings is 2. The van der Waals surface area contributed by atoms with Crippen LogP contribution in [0.3, 0.4) is 0 Å². The van der Waals surface area contributed by atoms with Crippen LogP contribution in [-0.4, -0.2) is 30.5 Å². The van der Waals surface area contributed by atoms with Gasteiger partial charge in [-0.05, 0) is 54.2 Å². The molecule has 0 spiro atoms. The van der Waals surface area contributed by atoms with E-state index in [1.165, 1.54) is 24.3 Å². The quantitative estimate of drug-likeness (QED) is 0.788. The van der Waals surface area contributed by atoms with Crippen molar-refractivity contribution in [2.24, 2.45) is 0 Å². The third-order valence-electron chi connectivity index (χ3n) is 3.24. The van der Waals surface area contributed by atoms with E-state index in [2.05, 4.69) is 10.1 Å². The van der Waals surface area contributed by atoms with Gasteiger partial charge in [-0.3, -0.25) is 0 Å². The van der Waals surface area contributed by atoms with Gasteiger partial charge in [-0.1, -0.05) is 12.1 Å². The zero-order valence-corrected chi connectivity index (χ0v) is 14.4. The van der Waals surface area contributed by atoms with Crippen molar-refractivity contribution in [1.82, 2.24) is 4.90 Å². The average Bonchev–Trinajstić information content (AvgIpc) is 2.55. The summed E-state index contributed by atoms with van der Waals surface area (Å²) in [6, 6.07) is 13.0. The van der Waals surface area contributed by atoms with Gasteiger partial charge in [0.2, 0.25) is 0 Å². The topological polar surface area (TPSA) is 33.7 Å². The van der Waals surface area contributed by atoms with Crippen LogP contribution in [0.4, 0.5) is 18.9 Å². The predicted molar refractivity (Wildman–Crippen MR) is 93.8 cm³/mol. The van der Waals surface area contributed by atoms with Crippen LogP contribution in [-0.2, 0) is 6.54 Å². The second-order valence-corrected chi connectivity index (χ2v) is 5.60. The first kappa shape index (κ1) is 18.9. The van der Waals surface area contributed by atoms with E-state index in [0.29, 0.717) is 17.3 Å². The molecule has 0 bridgehead atoms. The molecule has 25 heavy (non-hydrogen) atoms. The van der Waals surface area contributed by atoms with Crippen molar-refractivity contribution >= 4 is 23.0 Å². The number of methoxy groups -OCH3 is 1. The monoisotopic (exact) mass is 370 g/mol. The average molecular weight is 370 g/mol. The van der Waals surface area contributed by atoms with Crippen molar-refractivity contribution in [3.63, 3.8) is 0 Å². The molecule has 2 rings (SSSR count). The first-order chi connectivity index (χ1) is 11.8. The molecule has 2 aromatic carbocycles. The fraction of sp³-hybridized carbons (Fsp3) is 0.235. The Bertz CT molecular complexity index is 721. The summed E-state index contributed by atoms with van der Waals surface area (Å²) >= 11 is 5.31. The number of nitrogens with one attached hydrogen (secondary N) is 1. The molecule has 0 aliphatic heterocycles. The minimum atomic E-state index is -4.71. The molecule has 1 N–H and O–H groups in total. The van der Waals surface area contributed by atoms with Gasteiger partial charge < -0.3 is 19.7 Å². The van der Waals surface area contributed by atoms with Crippen LogP contribution >= 0.6 is 12.2 Å².